The third-order valence-electron chi connectivity index (χ3n) is 3.76. The molecule has 1 aliphatic heterocycles. The van der Waals surface area contributed by atoms with E-state index in [1.54, 1.807) is 6.08 Å². The molecule has 3 rings (SSSR count). The molecule has 1 heterocycles. The predicted octanol–water partition coefficient (Wildman–Crippen LogP) is 3.95. The van der Waals surface area contributed by atoms with Crippen molar-refractivity contribution in [2.75, 3.05) is 6.54 Å². The van der Waals surface area contributed by atoms with Crippen LogP contribution in [0, 0.1) is 6.92 Å². The Balaban J connectivity index is 1.80. The van der Waals surface area contributed by atoms with Crippen LogP contribution in [0.1, 0.15) is 11.1 Å². The highest BCUT2D eigenvalue weighted by Gasteiger charge is 2.33. The van der Waals surface area contributed by atoms with E-state index in [0.717, 1.165) is 33.4 Å². The zero-order valence-electron chi connectivity index (χ0n) is 13.4. The van der Waals surface area contributed by atoms with E-state index in [9.17, 15) is 9.59 Å². The van der Waals surface area contributed by atoms with Crippen molar-refractivity contribution in [3.05, 3.63) is 64.6 Å². The fourth-order valence-electron chi connectivity index (χ4n) is 2.44. The fourth-order valence-corrected chi connectivity index (χ4v) is 3.70. The van der Waals surface area contributed by atoms with Crippen LogP contribution in [0.3, 0.4) is 0 Å². The quantitative estimate of drug-likeness (QED) is 0.653. The zero-order chi connectivity index (χ0) is 18.0. The minimum atomic E-state index is -1.08. The predicted molar refractivity (Wildman–Crippen MR) is 104 cm³/mol. The van der Waals surface area contributed by atoms with Gasteiger partial charge in [-0.3, -0.25) is 14.5 Å². The summed E-state index contributed by atoms with van der Waals surface area (Å²) in [5.74, 6) is -1.44. The van der Waals surface area contributed by atoms with Crippen LogP contribution in [0.2, 0.25) is 0 Å². The number of thioether (sulfide) groups is 1. The number of thiocarbonyl (C=S) groups is 1. The molecule has 2 aromatic rings. The Kier molecular flexibility index (Phi) is 5.01. The standard InChI is InChI=1S/C19H15NO3S2/c1-12-2-6-14(7-3-12)15-8-4-13(5-9-15)10-16-18(23)20(11-17(21)22)19(24)25-16/h2-10H,11H2,1H3,(H,21,22)/b16-10-. The van der Waals surface area contributed by atoms with Gasteiger partial charge in [0, 0.05) is 0 Å². The average Bonchev–Trinajstić information content (AvgIpc) is 2.83. The fraction of sp³-hybridized carbons (Fsp3) is 0.105. The molecule has 1 fully saturated rings. The number of carbonyl (C=O) groups excluding carboxylic acids is 1. The number of amides is 1. The maximum Gasteiger partial charge on any atom is 0.323 e. The second-order valence-corrected chi connectivity index (χ2v) is 7.33. The zero-order valence-corrected chi connectivity index (χ0v) is 15.1. The first kappa shape index (κ1) is 17.4. The van der Waals surface area contributed by atoms with Gasteiger partial charge in [-0.1, -0.05) is 78.1 Å². The van der Waals surface area contributed by atoms with Gasteiger partial charge in [-0.25, -0.2) is 0 Å². The maximum absolute atomic E-state index is 12.3. The summed E-state index contributed by atoms with van der Waals surface area (Å²) < 4.78 is 0.273. The molecule has 0 aromatic heterocycles. The van der Waals surface area contributed by atoms with Crippen LogP contribution in [-0.4, -0.2) is 32.7 Å². The SMILES string of the molecule is Cc1ccc(-c2ccc(/C=C3\SC(=S)N(CC(=O)O)C3=O)cc2)cc1. The summed E-state index contributed by atoms with van der Waals surface area (Å²) in [7, 11) is 0. The number of hydrogen-bond donors (Lipinski definition) is 1. The summed E-state index contributed by atoms with van der Waals surface area (Å²) in [4.78, 5) is 24.6. The average molecular weight is 369 g/mol. The van der Waals surface area contributed by atoms with Crippen LogP contribution in [0.5, 0.6) is 0 Å². The molecule has 126 valence electrons. The molecule has 0 atom stereocenters. The van der Waals surface area contributed by atoms with Crippen LogP contribution >= 0.6 is 24.0 Å². The normalized spacial score (nSPS) is 15.9. The largest absolute Gasteiger partial charge is 0.480 e. The van der Waals surface area contributed by atoms with Crippen molar-refractivity contribution < 1.29 is 14.7 Å². The summed E-state index contributed by atoms with van der Waals surface area (Å²) in [5.41, 5.74) is 4.30. The first-order chi connectivity index (χ1) is 11.9. The molecule has 4 nitrogen and oxygen atoms in total. The summed E-state index contributed by atoms with van der Waals surface area (Å²) in [6.07, 6.45) is 1.74. The minimum absolute atomic E-state index is 0.273. The smallest absolute Gasteiger partial charge is 0.323 e. The van der Waals surface area contributed by atoms with Gasteiger partial charge in [-0.15, -0.1) is 0 Å². The van der Waals surface area contributed by atoms with Gasteiger partial charge < -0.3 is 5.11 Å². The van der Waals surface area contributed by atoms with Crippen molar-refractivity contribution in [2.24, 2.45) is 0 Å². The molecule has 1 amide bonds. The second kappa shape index (κ2) is 7.21. The third-order valence-corrected chi connectivity index (χ3v) is 5.14. The first-order valence-corrected chi connectivity index (χ1v) is 8.81. The van der Waals surface area contributed by atoms with E-state index in [1.165, 1.54) is 5.56 Å². The van der Waals surface area contributed by atoms with Crippen molar-refractivity contribution >= 4 is 46.3 Å². The molecule has 0 saturated carbocycles. The molecule has 0 radical (unpaired) electrons. The molecule has 1 N–H and O–H groups in total. The number of carboxylic acid groups (broad SMARTS) is 1. The number of benzene rings is 2. The van der Waals surface area contributed by atoms with Gasteiger partial charge >= 0.3 is 5.97 Å². The second-order valence-electron chi connectivity index (χ2n) is 5.65. The highest BCUT2D eigenvalue weighted by atomic mass is 32.2. The van der Waals surface area contributed by atoms with Crippen LogP contribution < -0.4 is 0 Å². The van der Waals surface area contributed by atoms with Crippen molar-refractivity contribution in [2.45, 2.75) is 6.92 Å². The molecule has 0 aliphatic carbocycles. The topological polar surface area (TPSA) is 57.6 Å². The molecule has 6 heteroatoms. The third kappa shape index (κ3) is 3.97. The molecular formula is C19H15NO3S2. The number of aliphatic carboxylic acids is 1. The van der Waals surface area contributed by atoms with Crippen LogP contribution in [0.4, 0.5) is 0 Å². The Hall–Kier alpha value is -2.44. The number of carbonyl (C=O) groups is 2. The van der Waals surface area contributed by atoms with E-state index < -0.39 is 12.5 Å². The summed E-state index contributed by atoms with van der Waals surface area (Å²) in [6, 6.07) is 16.1. The number of rotatable bonds is 4. The summed E-state index contributed by atoms with van der Waals surface area (Å²) >= 11 is 6.21. The van der Waals surface area contributed by atoms with E-state index in [2.05, 4.69) is 24.3 Å². The van der Waals surface area contributed by atoms with Crippen LogP contribution in [0.15, 0.2) is 53.4 Å². The monoisotopic (exact) mass is 369 g/mol. The van der Waals surface area contributed by atoms with Gasteiger partial charge in [0.25, 0.3) is 5.91 Å². The molecule has 0 bridgehead atoms. The van der Waals surface area contributed by atoms with Crippen molar-refractivity contribution in [1.82, 2.24) is 4.90 Å². The molecule has 25 heavy (non-hydrogen) atoms. The Morgan fingerprint density at radius 2 is 1.68 bits per heavy atom. The molecular weight excluding hydrogens is 354 g/mol. The van der Waals surface area contributed by atoms with Crippen molar-refractivity contribution in [1.29, 1.82) is 0 Å². The molecule has 0 spiro atoms. The van der Waals surface area contributed by atoms with E-state index in [-0.39, 0.29) is 10.2 Å². The Morgan fingerprint density at radius 1 is 1.12 bits per heavy atom. The van der Waals surface area contributed by atoms with Gasteiger partial charge in [0.15, 0.2) is 0 Å². The van der Waals surface area contributed by atoms with Gasteiger partial charge in [0.05, 0.1) is 4.91 Å². The number of aryl methyl sites for hydroxylation is 1. The van der Waals surface area contributed by atoms with Crippen LogP contribution in [-0.2, 0) is 9.59 Å². The Bertz CT molecular complexity index is 871. The first-order valence-electron chi connectivity index (χ1n) is 7.58. The maximum atomic E-state index is 12.3. The van der Waals surface area contributed by atoms with Gasteiger partial charge in [-0.2, -0.15) is 0 Å². The minimum Gasteiger partial charge on any atom is -0.480 e. The molecule has 1 aliphatic rings. The van der Waals surface area contributed by atoms with E-state index >= 15 is 0 Å². The number of carboxylic acids is 1. The number of nitrogens with zero attached hydrogens (tertiary/aromatic N) is 1. The van der Waals surface area contributed by atoms with E-state index in [4.69, 9.17) is 17.3 Å². The van der Waals surface area contributed by atoms with Gasteiger partial charge in [0.1, 0.15) is 10.9 Å². The lowest BCUT2D eigenvalue weighted by Gasteiger charge is -2.10. The van der Waals surface area contributed by atoms with Crippen molar-refractivity contribution in [3.8, 4) is 11.1 Å². The van der Waals surface area contributed by atoms with Gasteiger partial charge in [-0.05, 0) is 29.7 Å². The van der Waals surface area contributed by atoms with Crippen LogP contribution in [0.25, 0.3) is 17.2 Å². The van der Waals surface area contributed by atoms with E-state index in [1.807, 2.05) is 31.2 Å². The molecule has 0 unspecified atom stereocenters. The van der Waals surface area contributed by atoms with Gasteiger partial charge in [0.2, 0.25) is 0 Å². The Morgan fingerprint density at radius 3 is 2.24 bits per heavy atom. The Labute approximate surface area is 155 Å². The highest BCUT2D eigenvalue weighted by Crippen LogP contribution is 2.32. The summed E-state index contributed by atoms with van der Waals surface area (Å²) in [6.45, 7) is 1.64. The highest BCUT2D eigenvalue weighted by molar-refractivity contribution is 8.26. The number of hydrogen-bond acceptors (Lipinski definition) is 4. The molecule has 2 aromatic carbocycles. The lowest BCUT2D eigenvalue weighted by Crippen LogP contribution is -2.33. The lowest BCUT2D eigenvalue weighted by atomic mass is 10.0. The summed E-state index contributed by atoms with van der Waals surface area (Å²) in [5, 5.41) is 8.86. The molecule has 1 saturated heterocycles. The lowest BCUT2D eigenvalue weighted by molar-refractivity contribution is -0.140. The van der Waals surface area contributed by atoms with E-state index in [0.29, 0.717) is 4.91 Å². The van der Waals surface area contributed by atoms with Crippen molar-refractivity contribution in [3.63, 3.8) is 0 Å².